The SMILES string of the molecule is CCC1OCCC1C(O)C1CC1c1ccccc1. The quantitative estimate of drug-likeness (QED) is 0.885. The van der Waals surface area contributed by atoms with E-state index in [-0.39, 0.29) is 12.2 Å². The first kappa shape index (κ1) is 12.2. The van der Waals surface area contributed by atoms with Crippen molar-refractivity contribution in [2.24, 2.45) is 11.8 Å². The lowest BCUT2D eigenvalue weighted by molar-refractivity contribution is 0.0206. The molecule has 1 aliphatic carbocycles. The average Bonchev–Trinajstić information content (AvgIpc) is 3.08. The van der Waals surface area contributed by atoms with E-state index in [1.54, 1.807) is 0 Å². The van der Waals surface area contributed by atoms with E-state index in [9.17, 15) is 5.11 Å². The van der Waals surface area contributed by atoms with Crippen molar-refractivity contribution in [3.8, 4) is 0 Å². The minimum absolute atomic E-state index is 0.178. The van der Waals surface area contributed by atoms with Crippen molar-refractivity contribution in [3.63, 3.8) is 0 Å². The van der Waals surface area contributed by atoms with Gasteiger partial charge in [-0.25, -0.2) is 0 Å². The second-order valence-corrected chi connectivity index (χ2v) is 5.68. The van der Waals surface area contributed by atoms with Crippen LogP contribution < -0.4 is 0 Å². The second-order valence-electron chi connectivity index (χ2n) is 5.68. The van der Waals surface area contributed by atoms with E-state index in [2.05, 4.69) is 37.3 Å². The summed E-state index contributed by atoms with van der Waals surface area (Å²) < 4.78 is 5.69. The highest BCUT2D eigenvalue weighted by Gasteiger charge is 2.48. The number of hydrogen-bond acceptors (Lipinski definition) is 2. The molecule has 1 aliphatic heterocycles. The zero-order valence-corrected chi connectivity index (χ0v) is 11.0. The van der Waals surface area contributed by atoms with Crippen molar-refractivity contribution in [3.05, 3.63) is 35.9 Å². The van der Waals surface area contributed by atoms with E-state index in [1.807, 2.05) is 0 Å². The van der Waals surface area contributed by atoms with Crippen molar-refractivity contribution in [1.29, 1.82) is 0 Å². The van der Waals surface area contributed by atoms with Crippen LogP contribution in [0.25, 0.3) is 0 Å². The average molecular weight is 246 g/mol. The van der Waals surface area contributed by atoms with E-state index in [0.717, 1.165) is 25.9 Å². The van der Waals surface area contributed by atoms with Crippen molar-refractivity contribution in [2.45, 2.75) is 44.3 Å². The van der Waals surface area contributed by atoms with Gasteiger partial charge in [0.1, 0.15) is 0 Å². The van der Waals surface area contributed by atoms with Crippen LogP contribution in [0.2, 0.25) is 0 Å². The van der Waals surface area contributed by atoms with Gasteiger partial charge in [-0.3, -0.25) is 0 Å². The highest BCUT2D eigenvalue weighted by atomic mass is 16.5. The molecule has 0 spiro atoms. The Balaban J connectivity index is 1.64. The minimum Gasteiger partial charge on any atom is -0.392 e. The molecule has 3 rings (SSSR count). The molecule has 5 atom stereocenters. The molecule has 1 heterocycles. The first-order valence-electron chi connectivity index (χ1n) is 7.16. The third-order valence-electron chi connectivity index (χ3n) is 4.61. The Labute approximate surface area is 109 Å². The summed E-state index contributed by atoms with van der Waals surface area (Å²) in [6.45, 7) is 2.97. The highest BCUT2D eigenvalue weighted by Crippen LogP contribution is 2.52. The lowest BCUT2D eigenvalue weighted by Gasteiger charge is -2.23. The van der Waals surface area contributed by atoms with E-state index in [4.69, 9.17) is 4.74 Å². The van der Waals surface area contributed by atoms with E-state index < -0.39 is 0 Å². The van der Waals surface area contributed by atoms with Crippen LogP contribution >= 0.6 is 0 Å². The van der Waals surface area contributed by atoms with Crippen molar-refractivity contribution in [1.82, 2.24) is 0 Å². The fourth-order valence-corrected chi connectivity index (χ4v) is 3.47. The monoisotopic (exact) mass is 246 g/mol. The molecule has 18 heavy (non-hydrogen) atoms. The number of rotatable bonds is 4. The molecule has 1 N–H and O–H groups in total. The second kappa shape index (κ2) is 5.02. The summed E-state index contributed by atoms with van der Waals surface area (Å²) in [5.41, 5.74) is 1.38. The Morgan fingerprint density at radius 1 is 1.28 bits per heavy atom. The molecule has 0 amide bonds. The summed E-state index contributed by atoms with van der Waals surface area (Å²) in [5.74, 6) is 1.38. The molecule has 1 aromatic carbocycles. The molecule has 1 saturated heterocycles. The van der Waals surface area contributed by atoms with Crippen LogP contribution in [-0.4, -0.2) is 23.9 Å². The van der Waals surface area contributed by atoms with Crippen LogP contribution in [-0.2, 0) is 4.74 Å². The van der Waals surface area contributed by atoms with Gasteiger partial charge >= 0.3 is 0 Å². The maximum atomic E-state index is 10.5. The predicted octanol–water partition coefficient (Wildman–Crippen LogP) is 2.97. The van der Waals surface area contributed by atoms with Gasteiger partial charge in [-0.1, -0.05) is 37.3 Å². The zero-order chi connectivity index (χ0) is 12.5. The normalized spacial score (nSPS) is 36.6. The van der Waals surface area contributed by atoms with Gasteiger partial charge in [0.15, 0.2) is 0 Å². The largest absolute Gasteiger partial charge is 0.392 e. The van der Waals surface area contributed by atoms with Gasteiger partial charge < -0.3 is 9.84 Å². The van der Waals surface area contributed by atoms with Gasteiger partial charge in [-0.05, 0) is 36.7 Å². The van der Waals surface area contributed by atoms with Crippen LogP contribution in [0, 0.1) is 11.8 Å². The lowest BCUT2D eigenvalue weighted by Crippen LogP contribution is -2.29. The number of ether oxygens (including phenoxy) is 1. The number of hydrogen-bond donors (Lipinski definition) is 1. The summed E-state index contributed by atoms with van der Waals surface area (Å²) in [7, 11) is 0. The molecule has 2 fully saturated rings. The molecule has 2 nitrogen and oxygen atoms in total. The molecule has 5 unspecified atom stereocenters. The number of aliphatic hydroxyl groups excluding tert-OH is 1. The predicted molar refractivity (Wildman–Crippen MR) is 71.4 cm³/mol. The Morgan fingerprint density at radius 3 is 2.78 bits per heavy atom. The first-order valence-corrected chi connectivity index (χ1v) is 7.16. The molecular formula is C16H22O2. The third-order valence-corrected chi connectivity index (χ3v) is 4.61. The van der Waals surface area contributed by atoms with Crippen molar-refractivity contribution >= 4 is 0 Å². The Hall–Kier alpha value is -0.860. The molecule has 98 valence electrons. The van der Waals surface area contributed by atoms with Crippen LogP contribution in [0.5, 0.6) is 0 Å². The standard InChI is InChI=1S/C16H22O2/c1-2-15-12(8-9-18-15)16(17)14-10-13(14)11-6-4-3-5-7-11/h3-7,12-17H,2,8-10H2,1H3. The molecule has 1 aromatic rings. The Bertz CT molecular complexity index is 389. The van der Waals surface area contributed by atoms with E-state index in [1.165, 1.54) is 5.56 Å². The lowest BCUT2D eigenvalue weighted by atomic mass is 9.89. The summed E-state index contributed by atoms with van der Waals surface area (Å²) in [6, 6.07) is 10.6. The summed E-state index contributed by atoms with van der Waals surface area (Å²) in [4.78, 5) is 0. The highest BCUT2D eigenvalue weighted by molar-refractivity contribution is 5.26. The maximum absolute atomic E-state index is 10.5. The van der Waals surface area contributed by atoms with Gasteiger partial charge in [0.05, 0.1) is 12.2 Å². The summed E-state index contributed by atoms with van der Waals surface area (Å²) >= 11 is 0. The minimum atomic E-state index is -0.178. The molecular weight excluding hydrogens is 224 g/mol. The molecule has 0 bridgehead atoms. The van der Waals surface area contributed by atoms with Crippen molar-refractivity contribution < 1.29 is 9.84 Å². The van der Waals surface area contributed by atoms with Gasteiger partial charge in [0.25, 0.3) is 0 Å². The van der Waals surface area contributed by atoms with Crippen LogP contribution in [0.4, 0.5) is 0 Å². The number of aliphatic hydroxyl groups is 1. The fraction of sp³-hybridized carbons (Fsp3) is 0.625. The molecule has 1 saturated carbocycles. The fourth-order valence-electron chi connectivity index (χ4n) is 3.47. The third kappa shape index (κ3) is 2.19. The van der Waals surface area contributed by atoms with Crippen LogP contribution in [0.15, 0.2) is 30.3 Å². The first-order chi connectivity index (χ1) is 8.81. The Kier molecular flexibility index (Phi) is 3.40. The van der Waals surface area contributed by atoms with Crippen LogP contribution in [0.1, 0.15) is 37.7 Å². The molecule has 0 radical (unpaired) electrons. The van der Waals surface area contributed by atoms with E-state index >= 15 is 0 Å². The molecule has 2 heteroatoms. The summed E-state index contributed by atoms with van der Waals surface area (Å²) in [5, 5.41) is 10.5. The van der Waals surface area contributed by atoms with Gasteiger partial charge in [0.2, 0.25) is 0 Å². The van der Waals surface area contributed by atoms with Gasteiger partial charge in [-0.2, -0.15) is 0 Å². The number of benzene rings is 1. The molecule has 0 aromatic heterocycles. The van der Waals surface area contributed by atoms with E-state index in [0.29, 0.717) is 17.8 Å². The Morgan fingerprint density at radius 2 is 2.06 bits per heavy atom. The zero-order valence-electron chi connectivity index (χ0n) is 11.0. The maximum Gasteiger partial charge on any atom is 0.0628 e. The summed E-state index contributed by atoms with van der Waals surface area (Å²) in [6.07, 6.45) is 3.28. The molecule has 2 aliphatic rings. The topological polar surface area (TPSA) is 29.5 Å². The smallest absolute Gasteiger partial charge is 0.0628 e. The van der Waals surface area contributed by atoms with Gasteiger partial charge in [0, 0.05) is 12.5 Å². The van der Waals surface area contributed by atoms with Crippen LogP contribution in [0.3, 0.4) is 0 Å². The van der Waals surface area contributed by atoms with Gasteiger partial charge in [-0.15, -0.1) is 0 Å². The van der Waals surface area contributed by atoms with Crippen molar-refractivity contribution in [2.75, 3.05) is 6.61 Å².